The molecule has 2 aromatic heterocycles. The molecule has 0 radical (unpaired) electrons. The van der Waals surface area contributed by atoms with E-state index >= 15 is 0 Å². The smallest absolute Gasteiger partial charge is 0.262 e. The van der Waals surface area contributed by atoms with E-state index in [0.717, 1.165) is 16.6 Å². The first-order valence-corrected chi connectivity index (χ1v) is 7.16. The second-order valence-corrected chi connectivity index (χ2v) is 5.49. The fourth-order valence-electron chi connectivity index (χ4n) is 1.95. The van der Waals surface area contributed by atoms with Gasteiger partial charge in [-0.05, 0) is 18.9 Å². The van der Waals surface area contributed by atoms with Crippen LogP contribution in [0.5, 0.6) is 0 Å². The molecular formula is C14H18N2OS. The van der Waals surface area contributed by atoms with Gasteiger partial charge < -0.3 is 0 Å². The highest BCUT2D eigenvalue weighted by atomic mass is 32.1. The van der Waals surface area contributed by atoms with Gasteiger partial charge in [0.1, 0.15) is 4.83 Å². The Balaban J connectivity index is 2.30. The van der Waals surface area contributed by atoms with Crippen molar-refractivity contribution in [2.24, 2.45) is 0 Å². The molecule has 0 aliphatic rings. The summed E-state index contributed by atoms with van der Waals surface area (Å²) in [6.45, 7) is 6.36. The number of aromatic nitrogens is 2. The number of unbranched alkanes of at least 4 members (excludes halogenated alkanes) is 2. The number of hydrogen-bond acceptors (Lipinski definition) is 3. The van der Waals surface area contributed by atoms with Crippen LogP contribution >= 0.6 is 11.3 Å². The molecule has 96 valence electrons. The van der Waals surface area contributed by atoms with Crippen LogP contribution in [0.3, 0.4) is 0 Å². The molecule has 0 fully saturated rings. The maximum absolute atomic E-state index is 12.1. The Morgan fingerprint density at radius 1 is 1.50 bits per heavy atom. The van der Waals surface area contributed by atoms with Crippen LogP contribution in [0, 0.1) is 0 Å². The van der Waals surface area contributed by atoms with Crippen molar-refractivity contribution in [2.45, 2.75) is 39.2 Å². The number of rotatable bonds is 6. The van der Waals surface area contributed by atoms with Gasteiger partial charge in [-0.1, -0.05) is 25.8 Å². The van der Waals surface area contributed by atoms with Crippen LogP contribution < -0.4 is 5.56 Å². The molecule has 0 amide bonds. The number of aryl methyl sites for hydroxylation is 1. The molecule has 0 atom stereocenters. The van der Waals surface area contributed by atoms with E-state index in [1.807, 2.05) is 6.07 Å². The average Bonchev–Trinajstić information content (AvgIpc) is 2.77. The van der Waals surface area contributed by atoms with Crippen LogP contribution in [0.2, 0.25) is 0 Å². The summed E-state index contributed by atoms with van der Waals surface area (Å²) in [5, 5.41) is 0.746. The Kier molecular flexibility index (Phi) is 4.31. The highest BCUT2D eigenvalue weighted by molar-refractivity contribution is 7.18. The number of allylic oxidation sites excluding steroid dienone is 1. The second-order valence-electron chi connectivity index (χ2n) is 4.38. The van der Waals surface area contributed by atoms with E-state index in [4.69, 9.17) is 0 Å². The summed E-state index contributed by atoms with van der Waals surface area (Å²) in [4.78, 5) is 18.6. The summed E-state index contributed by atoms with van der Waals surface area (Å²) >= 11 is 1.64. The van der Waals surface area contributed by atoms with Crippen LogP contribution in [0.15, 0.2) is 29.8 Å². The Bertz CT molecular complexity index is 597. The van der Waals surface area contributed by atoms with Crippen LogP contribution in [0.4, 0.5) is 0 Å². The van der Waals surface area contributed by atoms with Gasteiger partial charge in [-0.2, -0.15) is 0 Å². The van der Waals surface area contributed by atoms with Gasteiger partial charge >= 0.3 is 0 Å². The minimum Gasteiger partial charge on any atom is -0.295 e. The van der Waals surface area contributed by atoms with E-state index in [2.05, 4.69) is 18.5 Å². The average molecular weight is 262 g/mol. The van der Waals surface area contributed by atoms with Crippen molar-refractivity contribution in [2.75, 3.05) is 0 Å². The number of fused-ring (bicyclic) bond motifs is 1. The van der Waals surface area contributed by atoms with E-state index in [1.165, 1.54) is 24.1 Å². The lowest BCUT2D eigenvalue weighted by Crippen LogP contribution is -2.18. The number of thiophene rings is 1. The SMILES string of the molecule is C=CCn1cnc2sc(CCCCC)cc2c1=O. The van der Waals surface area contributed by atoms with E-state index in [1.54, 1.807) is 28.3 Å². The number of hydrogen-bond donors (Lipinski definition) is 0. The molecule has 0 spiro atoms. The summed E-state index contributed by atoms with van der Waals surface area (Å²) in [6, 6.07) is 2.00. The van der Waals surface area contributed by atoms with Gasteiger partial charge in [-0.3, -0.25) is 9.36 Å². The monoisotopic (exact) mass is 262 g/mol. The highest BCUT2D eigenvalue weighted by Crippen LogP contribution is 2.22. The summed E-state index contributed by atoms with van der Waals surface area (Å²) in [5.41, 5.74) is 0.0397. The topological polar surface area (TPSA) is 34.9 Å². The van der Waals surface area contributed by atoms with E-state index in [0.29, 0.717) is 6.54 Å². The first kappa shape index (κ1) is 13.0. The van der Waals surface area contributed by atoms with Crippen LogP contribution in [0.25, 0.3) is 10.2 Å². The molecule has 2 heterocycles. The van der Waals surface area contributed by atoms with E-state index < -0.39 is 0 Å². The molecule has 2 rings (SSSR count). The van der Waals surface area contributed by atoms with E-state index in [-0.39, 0.29) is 5.56 Å². The zero-order valence-corrected chi connectivity index (χ0v) is 11.5. The van der Waals surface area contributed by atoms with Gasteiger partial charge in [0.25, 0.3) is 5.56 Å². The van der Waals surface area contributed by atoms with Gasteiger partial charge in [-0.15, -0.1) is 17.9 Å². The van der Waals surface area contributed by atoms with E-state index in [9.17, 15) is 4.79 Å². The Morgan fingerprint density at radius 3 is 3.06 bits per heavy atom. The first-order valence-electron chi connectivity index (χ1n) is 6.35. The maximum Gasteiger partial charge on any atom is 0.262 e. The largest absolute Gasteiger partial charge is 0.295 e. The predicted molar refractivity (Wildman–Crippen MR) is 77.3 cm³/mol. The molecule has 2 aromatic rings. The van der Waals surface area contributed by atoms with Crippen molar-refractivity contribution in [1.29, 1.82) is 0 Å². The lowest BCUT2D eigenvalue weighted by molar-refractivity contribution is 0.723. The fraction of sp³-hybridized carbons (Fsp3) is 0.429. The summed E-state index contributed by atoms with van der Waals surface area (Å²) < 4.78 is 1.60. The van der Waals surface area contributed by atoms with Gasteiger partial charge in [0.05, 0.1) is 11.7 Å². The Hall–Kier alpha value is -1.42. The zero-order chi connectivity index (χ0) is 13.0. The van der Waals surface area contributed by atoms with Crippen LogP contribution in [0.1, 0.15) is 31.1 Å². The van der Waals surface area contributed by atoms with Gasteiger partial charge in [0, 0.05) is 11.4 Å². The molecule has 0 saturated heterocycles. The third-order valence-electron chi connectivity index (χ3n) is 2.92. The Morgan fingerprint density at radius 2 is 2.33 bits per heavy atom. The zero-order valence-electron chi connectivity index (χ0n) is 10.7. The summed E-state index contributed by atoms with van der Waals surface area (Å²) in [7, 11) is 0. The van der Waals surface area contributed by atoms with Crippen molar-refractivity contribution in [3.8, 4) is 0 Å². The quantitative estimate of drug-likeness (QED) is 0.591. The second kappa shape index (κ2) is 5.96. The standard InChI is InChI=1S/C14H18N2OS/c1-3-5-6-7-11-9-12-13(18-11)15-10-16(8-4-2)14(12)17/h4,9-10H,2-3,5-8H2,1H3. The molecule has 0 N–H and O–H groups in total. The van der Waals surface area contributed by atoms with Crippen molar-refractivity contribution in [3.05, 3.63) is 40.3 Å². The van der Waals surface area contributed by atoms with Crippen molar-refractivity contribution < 1.29 is 0 Å². The summed E-state index contributed by atoms with van der Waals surface area (Å²) in [5.74, 6) is 0. The third-order valence-corrected chi connectivity index (χ3v) is 4.02. The van der Waals surface area contributed by atoms with Crippen LogP contribution in [-0.2, 0) is 13.0 Å². The highest BCUT2D eigenvalue weighted by Gasteiger charge is 2.08. The summed E-state index contributed by atoms with van der Waals surface area (Å²) in [6.07, 6.45) is 8.01. The van der Waals surface area contributed by atoms with Gasteiger partial charge in [-0.25, -0.2) is 4.98 Å². The molecule has 18 heavy (non-hydrogen) atoms. The molecule has 0 aliphatic carbocycles. The Labute approximate surface area is 111 Å². The minimum atomic E-state index is 0.0397. The molecule has 0 unspecified atom stereocenters. The van der Waals surface area contributed by atoms with Crippen LogP contribution in [-0.4, -0.2) is 9.55 Å². The molecule has 4 heteroatoms. The molecule has 0 aliphatic heterocycles. The lowest BCUT2D eigenvalue weighted by Gasteiger charge is -1.99. The molecular weight excluding hydrogens is 244 g/mol. The maximum atomic E-state index is 12.1. The van der Waals surface area contributed by atoms with Crippen molar-refractivity contribution >= 4 is 21.6 Å². The normalized spacial score (nSPS) is 10.9. The third kappa shape index (κ3) is 2.70. The molecule has 3 nitrogen and oxygen atoms in total. The predicted octanol–water partition coefficient (Wildman–Crippen LogP) is 3.38. The molecule has 0 aromatic carbocycles. The first-order chi connectivity index (χ1) is 8.76. The lowest BCUT2D eigenvalue weighted by atomic mass is 10.2. The van der Waals surface area contributed by atoms with Gasteiger partial charge in [0.15, 0.2) is 0 Å². The number of nitrogens with zero attached hydrogens (tertiary/aromatic N) is 2. The molecule has 0 bridgehead atoms. The minimum absolute atomic E-state index is 0.0397. The fourth-order valence-corrected chi connectivity index (χ4v) is 2.98. The van der Waals surface area contributed by atoms with Crippen molar-refractivity contribution in [3.63, 3.8) is 0 Å². The molecule has 0 saturated carbocycles. The van der Waals surface area contributed by atoms with Crippen molar-refractivity contribution in [1.82, 2.24) is 9.55 Å². The van der Waals surface area contributed by atoms with Gasteiger partial charge in [0.2, 0.25) is 0 Å².